The van der Waals surface area contributed by atoms with Crippen molar-refractivity contribution in [2.45, 2.75) is 45.1 Å². The Morgan fingerprint density at radius 1 is 1.03 bits per heavy atom. The molecule has 0 radical (unpaired) electrons. The average Bonchev–Trinajstić information content (AvgIpc) is 3.26. The summed E-state index contributed by atoms with van der Waals surface area (Å²) in [6, 6.07) is 11.0. The minimum atomic E-state index is -0.190. The molecule has 4 rings (SSSR count). The van der Waals surface area contributed by atoms with E-state index in [9.17, 15) is 9.59 Å². The number of aryl methyl sites for hydroxylation is 1. The van der Waals surface area contributed by atoms with Crippen molar-refractivity contribution in [3.63, 3.8) is 0 Å². The molecule has 1 aliphatic heterocycles. The van der Waals surface area contributed by atoms with E-state index in [0.717, 1.165) is 43.0 Å². The molecule has 1 aromatic carbocycles. The molecule has 3 aromatic rings. The summed E-state index contributed by atoms with van der Waals surface area (Å²) in [4.78, 5) is 24.9. The lowest BCUT2D eigenvalue weighted by Gasteiger charge is -2.08. The fourth-order valence-corrected chi connectivity index (χ4v) is 4.45. The Labute approximate surface area is 177 Å². The highest BCUT2D eigenvalue weighted by atomic mass is 35.5. The lowest BCUT2D eigenvalue weighted by molar-refractivity contribution is -0.116. The first kappa shape index (κ1) is 19.8. The van der Waals surface area contributed by atoms with E-state index in [2.05, 4.69) is 20.1 Å². The van der Waals surface area contributed by atoms with E-state index in [-0.39, 0.29) is 24.5 Å². The number of carbonyl (C=O) groups is 2. The lowest BCUT2D eigenvalue weighted by atomic mass is 10.1. The standard InChI is InChI=1S/C21H21ClN4O2S/c22-18-11-10-17(29-18)16(27)9-12-20(28)23-15-7-5-14(6-8-15)21-25-24-19-4-2-1-3-13-26(19)21/h5-8,10-11H,1-4,9,12-13H2,(H,23,28). The quantitative estimate of drug-likeness (QED) is 0.561. The summed E-state index contributed by atoms with van der Waals surface area (Å²) in [7, 11) is 0. The predicted octanol–water partition coefficient (Wildman–Crippen LogP) is 4.99. The summed E-state index contributed by atoms with van der Waals surface area (Å²) in [6.07, 6.45) is 4.78. The second kappa shape index (κ2) is 8.88. The van der Waals surface area contributed by atoms with Crippen molar-refractivity contribution in [1.82, 2.24) is 14.8 Å². The van der Waals surface area contributed by atoms with Gasteiger partial charge in [0.05, 0.1) is 9.21 Å². The normalized spacial score (nSPS) is 13.6. The fourth-order valence-electron chi connectivity index (χ4n) is 3.44. The fraction of sp³-hybridized carbons (Fsp3) is 0.333. The van der Waals surface area contributed by atoms with Gasteiger partial charge in [-0.25, -0.2) is 0 Å². The topological polar surface area (TPSA) is 76.9 Å². The summed E-state index contributed by atoms with van der Waals surface area (Å²) in [5.74, 6) is 1.66. The highest BCUT2D eigenvalue weighted by Gasteiger charge is 2.16. The molecule has 0 fully saturated rings. The van der Waals surface area contributed by atoms with Gasteiger partial charge in [-0.3, -0.25) is 9.59 Å². The maximum Gasteiger partial charge on any atom is 0.224 e. The van der Waals surface area contributed by atoms with E-state index in [0.29, 0.717) is 14.9 Å². The van der Waals surface area contributed by atoms with Crippen LogP contribution in [0.25, 0.3) is 11.4 Å². The van der Waals surface area contributed by atoms with E-state index in [1.165, 1.54) is 17.8 Å². The number of benzene rings is 1. The minimum absolute atomic E-state index is 0.0695. The second-order valence-electron chi connectivity index (χ2n) is 7.05. The number of carbonyl (C=O) groups excluding carboxylic acids is 2. The number of thiophene rings is 1. The third-order valence-electron chi connectivity index (χ3n) is 4.96. The molecule has 1 N–H and O–H groups in total. The summed E-state index contributed by atoms with van der Waals surface area (Å²) in [5, 5.41) is 11.5. The van der Waals surface area contributed by atoms with Crippen molar-refractivity contribution in [3.8, 4) is 11.4 Å². The number of halogens is 1. The number of fused-ring (bicyclic) bond motifs is 1. The molecule has 0 bridgehead atoms. The Kier molecular flexibility index (Phi) is 6.06. The van der Waals surface area contributed by atoms with E-state index < -0.39 is 0 Å². The van der Waals surface area contributed by atoms with Crippen LogP contribution >= 0.6 is 22.9 Å². The van der Waals surface area contributed by atoms with Crippen LogP contribution in [-0.2, 0) is 17.8 Å². The maximum absolute atomic E-state index is 12.2. The van der Waals surface area contributed by atoms with Crippen molar-refractivity contribution in [1.29, 1.82) is 0 Å². The lowest BCUT2D eigenvalue weighted by Crippen LogP contribution is -2.13. The van der Waals surface area contributed by atoms with Gasteiger partial charge in [0, 0.05) is 37.1 Å². The molecule has 0 unspecified atom stereocenters. The number of aromatic nitrogens is 3. The molecule has 0 saturated carbocycles. The molecular weight excluding hydrogens is 408 g/mol. The molecular formula is C21H21ClN4O2S. The van der Waals surface area contributed by atoms with Crippen LogP contribution in [0.3, 0.4) is 0 Å². The van der Waals surface area contributed by atoms with Crippen LogP contribution in [0, 0.1) is 0 Å². The third-order valence-corrected chi connectivity index (χ3v) is 6.24. The monoisotopic (exact) mass is 428 g/mol. The van der Waals surface area contributed by atoms with Crippen molar-refractivity contribution < 1.29 is 9.59 Å². The molecule has 3 heterocycles. The van der Waals surface area contributed by atoms with Gasteiger partial charge in [-0.1, -0.05) is 18.0 Å². The summed E-state index contributed by atoms with van der Waals surface area (Å²) >= 11 is 7.08. The first-order chi connectivity index (χ1) is 14.1. The zero-order valence-electron chi connectivity index (χ0n) is 15.9. The van der Waals surface area contributed by atoms with Crippen LogP contribution in [0.1, 0.15) is 47.6 Å². The first-order valence-electron chi connectivity index (χ1n) is 9.71. The predicted molar refractivity (Wildman–Crippen MR) is 115 cm³/mol. The summed E-state index contributed by atoms with van der Waals surface area (Å²) < 4.78 is 2.77. The number of hydrogen-bond acceptors (Lipinski definition) is 5. The van der Waals surface area contributed by atoms with Crippen LogP contribution < -0.4 is 5.32 Å². The van der Waals surface area contributed by atoms with Gasteiger partial charge in [-0.2, -0.15) is 0 Å². The largest absolute Gasteiger partial charge is 0.326 e. The molecule has 8 heteroatoms. The number of ketones is 1. The van der Waals surface area contributed by atoms with E-state index in [4.69, 9.17) is 11.6 Å². The molecule has 0 aliphatic carbocycles. The zero-order valence-corrected chi connectivity index (χ0v) is 17.4. The van der Waals surface area contributed by atoms with Gasteiger partial charge in [-0.15, -0.1) is 21.5 Å². The SMILES string of the molecule is O=C(CCC(=O)c1ccc(Cl)s1)Nc1ccc(-c2nnc3n2CCCCC3)cc1. The Morgan fingerprint density at radius 3 is 2.62 bits per heavy atom. The number of hydrogen-bond donors (Lipinski definition) is 1. The molecule has 6 nitrogen and oxygen atoms in total. The van der Waals surface area contributed by atoms with Gasteiger partial charge in [0.1, 0.15) is 5.82 Å². The molecule has 0 atom stereocenters. The number of Topliss-reactive ketones (excluding diaryl/α,β-unsaturated/α-hetero) is 1. The highest BCUT2D eigenvalue weighted by molar-refractivity contribution is 7.18. The highest BCUT2D eigenvalue weighted by Crippen LogP contribution is 2.25. The van der Waals surface area contributed by atoms with Crippen LogP contribution in [0.2, 0.25) is 4.34 Å². The molecule has 1 aliphatic rings. The van der Waals surface area contributed by atoms with Crippen molar-refractivity contribution >= 4 is 40.3 Å². The van der Waals surface area contributed by atoms with E-state index in [1.807, 2.05) is 24.3 Å². The Bertz CT molecular complexity index is 1030. The van der Waals surface area contributed by atoms with Crippen LogP contribution in [0.4, 0.5) is 5.69 Å². The number of amides is 1. The van der Waals surface area contributed by atoms with Gasteiger partial charge in [0.25, 0.3) is 0 Å². The van der Waals surface area contributed by atoms with E-state index >= 15 is 0 Å². The second-order valence-corrected chi connectivity index (χ2v) is 8.77. The zero-order chi connectivity index (χ0) is 20.2. The molecule has 0 saturated heterocycles. The van der Waals surface area contributed by atoms with Crippen LogP contribution in [0.5, 0.6) is 0 Å². The number of nitrogens with zero attached hydrogens (tertiary/aromatic N) is 3. The molecule has 2 aromatic heterocycles. The van der Waals surface area contributed by atoms with Gasteiger partial charge < -0.3 is 9.88 Å². The summed E-state index contributed by atoms with van der Waals surface area (Å²) in [6.45, 7) is 0.944. The number of anilines is 1. The molecule has 150 valence electrons. The first-order valence-corrected chi connectivity index (χ1v) is 10.9. The molecule has 0 spiro atoms. The molecule has 29 heavy (non-hydrogen) atoms. The van der Waals surface area contributed by atoms with E-state index in [1.54, 1.807) is 12.1 Å². The van der Waals surface area contributed by atoms with Crippen molar-refractivity contribution in [3.05, 3.63) is 51.4 Å². The maximum atomic E-state index is 12.2. The van der Waals surface area contributed by atoms with Crippen molar-refractivity contribution in [2.75, 3.05) is 5.32 Å². The van der Waals surface area contributed by atoms with Gasteiger partial charge in [0.15, 0.2) is 11.6 Å². The van der Waals surface area contributed by atoms with Gasteiger partial charge >= 0.3 is 0 Å². The summed E-state index contributed by atoms with van der Waals surface area (Å²) in [5.41, 5.74) is 1.68. The minimum Gasteiger partial charge on any atom is -0.326 e. The average molecular weight is 429 g/mol. The van der Waals surface area contributed by atoms with Crippen LogP contribution in [0.15, 0.2) is 36.4 Å². The Balaban J connectivity index is 1.35. The van der Waals surface area contributed by atoms with Gasteiger partial charge in [-0.05, 0) is 49.2 Å². The number of nitrogens with one attached hydrogen (secondary N) is 1. The Morgan fingerprint density at radius 2 is 1.86 bits per heavy atom. The van der Waals surface area contributed by atoms with Crippen molar-refractivity contribution in [2.24, 2.45) is 0 Å². The Hall–Kier alpha value is -2.51. The third kappa shape index (κ3) is 4.74. The van der Waals surface area contributed by atoms with Crippen LogP contribution in [-0.4, -0.2) is 26.5 Å². The van der Waals surface area contributed by atoms with Gasteiger partial charge in [0.2, 0.25) is 5.91 Å². The number of rotatable bonds is 6. The smallest absolute Gasteiger partial charge is 0.224 e. The molecule has 1 amide bonds.